The molecule has 250 valence electrons. The second kappa shape index (κ2) is 26.8. The predicted molar refractivity (Wildman–Crippen MR) is 168 cm³/mol. The molecule has 0 radical (unpaired) electrons. The van der Waals surface area contributed by atoms with Crippen LogP contribution in [-0.2, 0) is 23.7 Å². The highest BCUT2D eigenvalue weighted by Crippen LogP contribution is 2.22. The van der Waals surface area contributed by atoms with Gasteiger partial charge in [-0.05, 0) is 44.9 Å². The Balaban J connectivity index is 2.41. The van der Waals surface area contributed by atoms with Crippen molar-refractivity contribution in [3.8, 4) is 0 Å². The number of aliphatic hydroxyl groups is 4. The number of hydrogen-bond donors (Lipinski definition) is 4. The van der Waals surface area contributed by atoms with Crippen LogP contribution in [0.2, 0.25) is 0 Å². The van der Waals surface area contributed by atoms with E-state index in [0.717, 1.165) is 57.8 Å². The first-order valence-corrected chi connectivity index (χ1v) is 16.6. The number of carbonyl (C=O) groups excluding carboxylic acids is 1. The molecular formula is C34H60O9. The van der Waals surface area contributed by atoms with E-state index in [1.807, 2.05) is 0 Å². The molecule has 43 heavy (non-hydrogen) atoms. The van der Waals surface area contributed by atoms with Gasteiger partial charge in [0.05, 0.1) is 19.8 Å². The summed E-state index contributed by atoms with van der Waals surface area (Å²) < 4.78 is 22.5. The molecular weight excluding hydrogens is 552 g/mol. The average molecular weight is 613 g/mol. The van der Waals surface area contributed by atoms with Crippen molar-refractivity contribution in [3.63, 3.8) is 0 Å². The van der Waals surface area contributed by atoms with E-state index >= 15 is 0 Å². The maximum Gasteiger partial charge on any atom is 0.306 e. The highest BCUT2D eigenvalue weighted by Gasteiger charge is 2.44. The predicted octanol–water partition coefficient (Wildman–Crippen LogP) is 5.29. The third-order valence-corrected chi connectivity index (χ3v) is 7.32. The fraction of sp³-hybridized carbons (Fsp3) is 0.794. The number of carbonyl (C=O) groups is 1. The van der Waals surface area contributed by atoms with Crippen molar-refractivity contribution < 1.29 is 44.2 Å². The van der Waals surface area contributed by atoms with Crippen LogP contribution in [0.3, 0.4) is 0 Å². The molecule has 6 atom stereocenters. The largest absolute Gasteiger partial charge is 0.457 e. The van der Waals surface area contributed by atoms with Crippen molar-refractivity contribution in [1.82, 2.24) is 0 Å². The van der Waals surface area contributed by atoms with Gasteiger partial charge in [0.15, 0.2) is 6.29 Å². The van der Waals surface area contributed by atoms with Crippen molar-refractivity contribution in [2.45, 2.75) is 147 Å². The van der Waals surface area contributed by atoms with Crippen LogP contribution in [0, 0.1) is 0 Å². The molecule has 9 heteroatoms. The number of unbranched alkanes of at least 4 members (excludes halogenated alkanes) is 9. The van der Waals surface area contributed by atoms with Gasteiger partial charge in [-0.3, -0.25) is 4.79 Å². The average Bonchev–Trinajstić information content (AvgIpc) is 3.00. The summed E-state index contributed by atoms with van der Waals surface area (Å²) in [7, 11) is 0. The Morgan fingerprint density at radius 1 is 0.767 bits per heavy atom. The van der Waals surface area contributed by atoms with E-state index in [1.54, 1.807) is 0 Å². The van der Waals surface area contributed by atoms with Gasteiger partial charge < -0.3 is 39.4 Å². The van der Waals surface area contributed by atoms with Crippen LogP contribution in [0.5, 0.6) is 0 Å². The minimum absolute atomic E-state index is 0.125. The Kier molecular flexibility index (Phi) is 24.6. The molecule has 0 spiro atoms. The van der Waals surface area contributed by atoms with Crippen LogP contribution in [0.25, 0.3) is 0 Å². The lowest BCUT2D eigenvalue weighted by Gasteiger charge is -2.39. The Morgan fingerprint density at radius 3 is 2.12 bits per heavy atom. The monoisotopic (exact) mass is 612 g/mol. The zero-order valence-corrected chi connectivity index (χ0v) is 26.7. The minimum atomic E-state index is -1.54. The molecule has 1 rings (SSSR count). The SMILES string of the molecule is CC/C=C\C/C=C\C/C=C\CCCCCC(=O)OC(COCCCCCCCCC)COC1OC(CO)C(O)C(O)C1O. The summed E-state index contributed by atoms with van der Waals surface area (Å²) >= 11 is 0. The van der Waals surface area contributed by atoms with Crippen molar-refractivity contribution >= 4 is 5.97 Å². The zero-order valence-electron chi connectivity index (χ0n) is 26.7. The van der Waals surface area contributed by atoms with Crippen LogP contribution >= 0.6 is 0 Å². The van der Waals surface area contributed by atoms with Gasteiger partial charge in [0, 0.05) is 13.0 Å². The molecule has 0 aromatic carbocycles. The lowest BCUT2D eigenvalue weighted by molar-refractivity contribution is -0.305. The first-order valence-electron chi connectivity index (χ1n) is 16.6. The summed E-state index contributed by atoms with van der Waals surface area (Å²) in [5, 5.41) is 39.7. The molecule has 0 saturated carbocycles. The van der Waals surface area contributed by atoms with Crippen LogP contribution < -0.4 is 0 Å². The van der Waals surface area contributed by atoms with E-state index in [1.165, 1.54) is 32.1 Å². The lowest BCUT2D eigenvalue weighted by Crippen LogP contribution is -2.59. The molecule has 0 aromatic rings. The van der Waals surface area contributed by atoms with E-state index in [9.17, 15) is 25.2 Å². The maximum atomic E-state index is 12.6. The molecule has 6 unspecified atom stereocenters. The van der Waals surface area contributed by atoms with Crippen LogP contribution in [0.4, 0.5) is 0 Å². The first-order chi connectivity index (χ1) is 20.9. The summed E-state index contributed by atoms with van der Waals surface area (Å²) in [5.41, 5.74) is 0. The Labute approximate surface area is 260 Å². The second-order valence-corrected chi connectivity index (χ2v) is 11.2. The summed E-state index contributed by atoms with van der Waals surface area (Å²) in [6.07, 6.45) is 20.4. The van der Waals surface area contributed by atoms with Gasteiger partial charge in [-0.1, -0.05) is 95.2 Å². The highest BCUT2D eigenvalue weighted by atomic mass is 16.7. The fourth-order valence-electron chi connectivity index (χ4n) is 4.68. The number of esters is 1. The number of aliphatic hydroxyl groups excluding tert-OH is 4. The van der Waals surface area contributed by atoms with Gasteiger partial charge in [0.25, 0.3) is 0 Å². The molecule has 1 fully saturated rings. The lowest BCUT2D eigenvalue weighted by atomic mass is 9.99. The topological polar surface area (TPSA) is 135 Å². The molecule has 1 aliphatic rings. The molecule has 4 N–H and O–H groups in total. The zero-order chi connectivity index (χ0) is 31.5. The van der Waals surface area contributed by atoms with Gasteiger partial charge in [0.1, 0.15) is 30.5 Å². The molecule has 1 saturated heterocycles. The van der Waals surface area contributed by atoms with Crippen molar-refractivity contribution in [1.29, 1.82) is 0 Å². The van der Waals surface area contributed by atoms with Gasteiger partial charge in [0.2, 0.25) is 0 Å². The number of ether oxygens (including phenoxy) is 4. The van der Waals surface area contributed by atoms with Crippen molar-refractivity contribution in [2.75, 3.05) is 26.4 Å². The number of rotatable bonds is 26. The number of hydrogen-bond acceptors (Lipinski definition) is 9. The van der Waals surface area contributed by atoms with E-state index in [2.05, 4.69) is 50.3 Å². The quantitative estimate of drug-likeness (QED) is 0.0584. The Hall–Kier alpha value is -1.59. The Morgan fingerprint density at radius 2 is 1.42 bits per heavy atom. The molecule has 0 amide bonds. The third kappa shape index (κ3) is 19.4. The van der Waals surface area contributed by atoms with E-state index in [4.69, 9.17) is 18.9 Å². The first kappa shape index (κ1) is 39.4. The molecule has 9 nitrogen and oxygen atoms in total. The van der Waals surface area contributed by atoms with E-state index in [-0.39, 0.29) is 25.6 Å². The Bertz CT molecular complexity index is 752. The number of allylic oxidation sites excluding steroid dienone is 6. The van der Waals surface area contributed by atoms with Crippen LogP contribution in [0.15, 0.2) is 36.5 Å². The smallest absolute Gasteiger partial charge is 0.306 e. The van der Waals surface area contributed by atoms with Gasteiger partial charge in [-0.15, -0.1) is 0 Å². The van der Waals surface area contributed by atoms with Gasteiger partial charge >= 0.3 is 5.97 Å². The van der Waals surface area contributed by atoms with E-state index < -0.39 is 43.4 Å². The summed E-state index contributed by atoms with van der Waals surface area (Å²) in [6.45, 7) is 4.33. The molecule has 1 aliphatic heterocycles. The maximum absolute atomic E-state index is 12.6. The summed E-state index contributed by atoms with van der Waals surface area (Å²) in [6, 6.07) is 0. The molecule has 0 aliphatic carbocycles. The van der Waals surface area contributed by atoms with Crippen molar-refractivity contribution in [3.05, 3.63) is 36.5 Å². The third-order valence-electron chi connectivity index (χ3n) is 7.32. The molecule has 0 bridgehead atoms. The fourth-order valence-corrected chi connectivity index (χ4v) is 4.68. The van der Waals surface area contributed by atoms with Crippen molar-refractivity contribution in [2.24, 2.45) is 0 Å². The summed E-state index contributed by atoms with van der Waals surface area (Å²) in [4.78, 5) is 12.6. The molecule has 0 aromatic heterocycles. The second-order valence-electron chi connectivity index (χ2n) is 11.2. The highest BCUT2D eigenvalue weighted by molar-refractivity contribution is 5.69. The van der Waals surface area contributed by atoms with E-state index in [0.29, 0.717) is 6.61 Å². The minimum Gasteiger partial charge on any atom is -0.457 e. The summed E-state index contributed by atoms with van der Waals surface area (Å²) in [5.74, 6) is -0.347. The normalized spacial score (nSPS) is 23.5. The van der Waals surface area contributed by atoms with Gasteiger partial charge in [-0.25, -0.2) is 0 Å². The molecule has 1 heterocycles. The van der Waals surface area contributed by atoms with Crippen LogP contribution in [-0.4, -0.2) is 89.6 Å². The van der Waals surface area contributed by atoms with Crippen LogP contribution in [0.1, 0.15) is 110 Å². The standard InChI is InChI=1S/C34H60O9/c1-3-5-7-9-11-12-13-14-15-16-17-19-21-23-30(36)42-28(26-40-24-22-20-18-10-8-6-4-2)27-41-34-33(39)32(38)31(37)29(25-35)43-34/h5,7,11-12,14-15,28-29,31-35,37-39H,3-4,6,8-10,13,16-27H2,1-2H3/b7-5-,12-11-,15-14-. The van der Waals surface area contributed by atoms with Gasteiger partial charge in [-0.2, -0.15) is 0 Å².